The van der Waals surface area contributed by atoms with Crippen molar-refractivity contribution in [1.82, 2.24) is 0 Å². The van der Waals surface area contributed by atoms with Crippen LogP contribution in [-0.4, -0.2) is 55.5 Å². The van der Waals surface area contributed by atoms with Gasteiger partial charge in [0.1, 0.15) is 0 Å². The van der Waals surface area contributed by atoms with Crippen molar-refractivity contribution in [1.29, 1.82) is 0 Å². The maximum Gasteiger partial charge on any atom is 2.00 e. The van der Waals surface area contributed by atoms with Gasteiger partial charge < -0.3 is 18.9 Å². The van der Waals surface area contributed by atoms with Crippen molar-refractivity contribution in [3.63, 3.8) is 0 Å². The second-order valence-corrected chi connectivity index (χ2v) is 2.79. The molecule has 0 unspecified atom stereocenters. The van der Waals surface area contributed by atoms with Crippen molar-refractivity contribution < 1.29 is 18.9 Å². The topological polar surface area (TPSA) is 72.4 Å². The molecular weight excluding hydrogens is 280 g/mol. The van der Waals surface area contributed by atoms with E-state index < -0.39 is 7.82 Å². The maximum atomic E-state index is 9.76. The van der Waals surface area contributed by atoms with E-state index in [4.69, 9.17) is 0 Å². The molecule has 10 heavy (non-hydrogen) atoms. The van der Waals surface area contributed by atoms with Crippen molar-refractivity contribution in [3.05, 3.63) is 0 Å². The fourth-order valence-electron chi connectivity index (χ4n) is 0.321. The third-order valence-corrected chi connectivity index (χ3v) is 1.25. The van der Waals surface area contributed by atoms with Crippen molar-refractivity contribution in [2.24, 2.45) is 0 Å². The fourth-order valence-corrected chi connectivity index (χ4v) is 0.673. The van der Waals surface area contributed by atoms with Crippen LogP contribution in [0, 0.1) is 0 Å². The van der Waals surface area contributed by atoms with E-state index in [1.165, 1.54) is 0 Å². The van der Waals surface area contributed by atoms with E-state index in [0.717, 1.165) is 6.42 Å². The zero-order chi connectivity index (χ0) is 7.33. The smallest absolute Gasteiger partial charge is 0.790 e. The van der Waals surface area contributed by atoms with Crippen LogP contribution in [0.4, 0.5) is 0 Å². The van der Waals surface area contributed by atoms with Crippen LogP contribution in [0.5, 0.6) is 0 Å². The first kappa shape index (κ1) is 14.2. The molecule has 0 aliphatic heterocycles. The minimum atomic E-state index is -4.70. The van der Waals surface area contributed by atoms with Gasteiger partial charge in [-0.25, -0.2) is 0 Å². The average molecular weight is 289 g/mol. The van der Waals surface area contributed by atoms with Crippen LogP contribution in [-0.2, 0) is 9.09 Å². The van der Waals surface area contributed by atoms with Gasteiger partial charge in [0.05, 0.1) is 14.4 Å². The van der Waals surface area contributed by atoms with Crippen molar-refractivity contribution >= 4 is 56.7 Å². The van der Waals surface area contributed by atoms with Crippen LogP contribution >= 0.6 is 7.82 Å². The first-order chi connectivity index (χ1) is 4.06. The Labute approximate surface area is 101 Å². The summed E-state index contributed by atoms with van der Waals surface area (Å²) in [4.78, 5) is 19.5. The Morgan fingerprint density at radius 1 is 1.50 bits per heavy atom. The number of hydrogen-bond donors (Lipinski definition) is 0. The second-order valence-electron chi connectivity index (χ2n) is 1.63. The molecule has 0 aliphatic rings. The molecule has 6 heteroatoms. The predicted molar refractivity (Wildman–Crippen MR) is 34.2 cm³/mol. The molecule has 0 spiro atoms. The molecule has 0 amide bonds. The van der Waals surface area contributed by atoms with Gasteiger partial charge >= 0.3 is 48.9 Å². The van der Waals surface area contributed by atoms with Crippen LogP contribution in [0.25, 0.3) is 0 Å². The van der Waals surface area contributed by atoms with Crippen LogP contribution in [0.1, 0.15) is 19.8 Å². The monoisotopic (exact) mass is 290 g/mol. The maximum absolute atomic E-state index is 9.76. The molecule has 0 N–H and O–H groups in total. The summed E-state index contributed by atoms with van der Waals surface area (Å²) in [6.45, 7) is 1.89. The zero-order valence-electron chi connectivity index (χ0n) is 5.91. The normalized spacial score (nSPS) is 10.7. The van der Waals surface area contributed by atoms with Crippen LogP contribution in [0.3, 0.4) is 0 Å². The van der Waals surface area contributed by atoms with Gasteiger partial charge in [0.15, 0.2) is 0 Å². The van der Waals surface area contributed by atoms with Gasteiger partial charge in [-0.2, -0.15) is 0 Å². The third-order valence-electron chi connectivity index (χ3n) is 0.747. The first-order valence-electron chi connectivity index (χ1n) is 2.73. The van der Waals surface area contributed by atoms with E-state index in [1.54, 1.807) is 0 Å². The number of unbranched alkanes of at least 4 members (excludes halogenated alkanes) is 1. The summed E-state index contributed by atoms with van der Waals surface area (Å²) in [6, 6.07) is 0. The van der Waals surface area contributed by atoms with E-state index in [0.29, 0.717) is 6.42 Å². The van der Waals surface area contributed by atoms with Crippen LogP contribution < -0.4 is 9.79 Å². The Hall–Kier alpha value is 1.68. The molecule has 4 nitrogen and oxygen atoms in total. The van der Waals surface area contributed by atoms with Crippen molar-refractivity contribution in [3.8, 4) is 0 Å². The van der Waals surface area contributed by atoms with Gasteiger partial charge in [-0.15, -0.1) is 0 Å². The summed E-state index contributed by atoms with van der Waals surface area (Å²) in [7, 11) is -4.70. The number of rotatable bonds is 4. The minimum Gasteiger partial charge on any atom is -0.790 e. The minimum absolute atomic E-state index is 0. The Balaban J connectivity index is 0. The van der Waals surface area contributed by atoms with Gasteiger partial charge in [-0.3, -0.25) is 0 Å². The molecule has 0 aromatic heterocycles. The predicted octanol–water partition coefficient (Wildman–Crippen LogP) is -0.749. The molecule has 0 atom stereocenters. The third kappa shape index (κ3) is 12.4. The largest absolute Gasteiger partial charge is 2.00 e. The summed E-state index contributed by atoms with van der Waals surface area (Å²) in [5.41, 5.74) is 0. The molecule has 0 bridgehead atoms. The van der Waals surface area contributed by atoms with E-state index in [1.807, 2.05) is 6.92 Å². The molecule has 0 aromatic carbocycles. The van der Waals surface area contributed by atoms with Crippen LogP contribution in [0.2, 0.25) is 0 Å². The Morgan fingerprint density at radius 3 is 2.30 bits per heavy atom. The van der Waals surface area contributed by atoms with Gasteiger partial charge in [0.2, 0.25) is 0 Å². The second kappa shape index (κ2) is 7.34. The molecule has 0 aliphatic carbocycles. The standard InChI is InChI=1S/C4H11O4P.Ba/c1-2-3-4-8-9(5,6)7;/h2-4H2,1H3,(H2,5,6,7);/q;+2/p-2. The van der Waals surface area contributed by atoms with Crippen molar-refractivity contribution in [2.45, 2.75) is 19.8 Å². The summed E-state index contributed by atoms with van der Waals surface area (Å²) in [5, 5.41) is 0. The average Bonchev–Trinajstić information content (AvgIpc) is 1.63. The van der Waals surface area contributed by atoms with Gasteiger partial charge in [-0.05, 0) is 6.42 Å². The summed E-state index contributed by atoms with van der Waals surface area (Å²) >= 11 is 0. The molecule has 0 fully saturated rings. The molecule has 0 rings (SSSR count). The quantitative estimate of drug-likeness (QED) is 0.388. The van der Waals surface area contributed by atoms with Crippen molar-refractivity contribution in [2.75, 3.05) is 6.61 Å². The molecule has 0 saturated carbocycles. The summed E-state index contributed by atoms with van der Waals surface area (Å²) in [5.74, 6) is 0. The summed E-state index contributed by atoms with van der Waals surface area (Å²) in [6.07, 6.45) is 1.43. The van der Waals surface area contributed by atoms with E-state index in [-0.39, 0.29) is 55.5 Å². The Morgan fingerprint density at radius 2 is 2.00 bits per heavy atom. The van der Waals surface area contributed by atoms with Gasteiger partial charge in [0.25, 0.3) is 0 Å². The van der Waals surface area contributed by atoms with Crippen LogP contribution in [0.15, 0.2) is 0 Å². The number of phosphoric acid groups is 1. The fraction of sp³-hybridized carbons (Fsp3) is 1.00. The van der Waals surface area contributed by atoms with E-state index in [2.05, 4.69) is 4.52 Å². The molecule has 0 aromatic rings. The SMILES string of the molecule is CCCCOP(=O)([O-])[O-].[Ba+2]. The zero-order valence-corrected chi connectivity index (χ0v) is 11.2. The van der Waals surface area contributed by atoms with Gasteiger partial charge in [0, 0.05) is 0 Å². The summed E-state index contributed by atoms with van der Waals surface area (Å²) < 4.78 is 13.7. The van der Waals surface area contributed by atoms with Gasteiger partial charge in [-0.1, -0.05) is 13.3 Å². The van der Waals surface area contributed by atoms with E-state index >= 15 is 0 Å². The molecule has 0 radical (unpaired) electrons. The Bertz CT molecular complexity index is 112. The number of hydrogen-bond acceptors (Lipinski definition) is 4. The molecule has 56 valence electrons. The first-order valence-corrected chi connectivity index (χ1v) is 4.19. The Kier molecular flexibility index (Phi) is 10.4. The molecule has 0 heterocycles. The number of phosphoric ester groups is 1. The molecule has 0 saturated heterocycles. The van der Waals surface area contributed by atoms with E-state index in [9.17, 15) is 14.4 Å². The molecular formula is C4H9BaO4P.